The Bertz CT molecular complexity index is 927. The van der Waals surface area contributed by atoms with Gasteiger partial charge in [0.25, 0.3) is 0 Å². The van der Waals surface area contributed by atoms with Crippen LogP contribution in [0.4, 0.5) is 5.69 Å². The number of carbonyl (C=O) groups excluding carboxylic acids is 1. The first-order valence-electron chi connectivity index (χ1n) is 10.0. The lowest BCUT2D eigenvalue weighted by molar-refractivity contribution is -0.116. The van der Waals surface area contributed by atoms with E-state index < -0.39 is 10.4 Å². The second-order valence-electron chi connectivity index (χ2n) is 7.21. The summed E-state index contributed by atoms with van der Waals surface area (Å²) in [5.41, 5.74) is 4.92. The van der Waals surface area contributed by atoms with E-state index in [1.165, 1.54) is 28.6 Å². The predicted octanol–water partition coefficient (Wildman–Crippen LogP) is 3.45. The number of nitrogens with one attached hydrogen (secondary N) is 2. The van der Waals surface area contributed by atoms with Crippen molar-refractivity contribution >= 4 is 32.9 Å². The number of amides is 1. The van der Waals surface area contributed by atoms with Gasteiger partial charge in [-0.1, -0.05) is 20.8 Å². The quantitative estimate of drug-likeness (QED) is 0.526. The van der Waals surface area contributed by atoms with Crippen LogP contribution in [-0.2, 0) is 28.0 Å². The first-order chi connectivity index (χ1) is 13.7. The summed E-state index contributed by atoms with van der Waals surface area (Å²) in [6, 6.07) is 6.87. The average molecular weight is 426 g/mol. The number of H-pyrrole nitrogens is 1. The Hall–Kier alpha value is -1.94. The van der Waals surface area contributed by atoms with Crippen molar-refractivity contribution in [3.63, 3.8) is 0 Å². The number of nitrogens with zero attached hydrogens (tertiary/aromatic N) is 1. The van der Waals surface area contributed by atoms with Crippen LogP contribution < -0.4 is 5.32 Å². The molecule has 1 aromatic heterocycles. The molecule has 1 aliphatic carbocycles. The van der Waals surface area contributed by atoms with Gasteiger partial charge in [-0.2, -0.15) is 8.42 Å². The third-order valence-electron chi connectivity index (χ3n) is 5.25. The maximum atomic E-state index is 11.9. The van der Waals surface area contributed by atoms with E-state index in [0.29, 0.717) is 12.5 Å². The highest BCUT2D eigenvalue weighted by molar-refractivity contribution is 7.79. The van der Waals surface area contributed by atoms with Gasteiger partial charge < -0.3 is 15.2 Å². The molecular weight excluding hydrogens is 394 g/mol. The number of rotatable bonds is 6. The third-order valence-corrected chi connectivity index (χ3v) is 5.25. The van der Waals surface area contributed by atoms with E-state index in [-0.39, 0.29) is 5.91 Å². The minimum Gasteiger partial charge on any atom is -0.358 e. The molecule has 0 spiro atoms. The molecule has 4 N–H and O–H groups in total. The fourth-order valence-corrected chi connectivity index (χ4v) is 3.98. The van der Waals surface area contributed by atoms with E-state index in [9.17, 15) is 4.79 Å². The van der Waals surface area contributed by atoms with E-state index in [1.807, 2.05) is 13.0 Å². The van der Waals surface area contributed by atoms with Crippen LogP contribution in [0, 0.1) is 0 Å². The Morgan fingerprint density at radius 3 is 2.48 bits per heavy atom. The lowest BCUT2D eigenvalue weighted by atomic mass is 9.90. The number of anilines is 1. The summed E-state index contributed by atoms with van der Waals surface area (Å²) in [6.07, 6.45) is 4.89. The number of hydrogen-bond donors (Lipinski definition) is 4. The van der Waals surface area contributed by atoms with Crippen molar-refractivity contribution in [2.75, 3.05) is 18.4 Å². The monoisotopic (exact) mass is 425 g/mol. The summed E-state index contributed by atoms with van der Waals surface area (Å²) in [6.45, 7) is 8.73. The summed E-state index contributed by atoms with van der Waals surface area (Å²) >= 11 is 0. The number of fused-ring (bicyclic) bond motifs is 3. The van der Waals surface area contributed by atoms with E-state index in [1.54, 1.807) is 0 Å². The number of aromatic nitrogens is 1. The zero-order valence-electron chi connectivity index (χ0n) is 17.2. The van der Waals surface area contributed by atoms with Gasteiger partial charge in [0.2, 0.25) is 5.91 Å². The van der Waals surface area contributed by atoms with Gasteiger partial charge in [0.1, 0.15) is 0 Å². The molecule has 9 heteroatoms. The molecule has 0 saturated carbocycles. The van der Waals surface area contributed by atoms with Crippen LogP contribution in [0.3, 0.4) is 0 Å². The summed E-state index contributed by atoms with van der Waals surface area (Å²) < 4.78 is 31.6. The van der Waals surface area contributed by atoms with Gasteiger partial charge in [0.15, 0.2) is 0 Å². The Morgan fingerprint density at radius 2 is 1.90 bits per heavy atom. The Morgan fingerprint density at radius 1 is 1.24 bits per heavy atom. The van der Waals surface area contributed by atoms with Gasteiger partial charge in [-0.3, -0.25) is 13.9 Å². The second-order valence-corrected chi connectivity index (χ2v) is 8.10. The summed E-state index contributed by atoms with van der Waals surface area (Å²) in [5, 5.41) is 4.30. The van der Waals surface area contributed by atoms with Gasteiger partial charge in [-0.05, 0) is 62.5 Å². The average Bonchev–Trinajstić information content (AvgIpc) is 2.99. The molecule has 1 heterocycles. The topological polar surface area (TPSA) is 123 Å². The number of likely N-dealkylation sites (N-methyl/N-ethyl adjacent to an activating group) is 1. The standard InChI is InChI=1S/C20H29N3O.H2O4S/c1-4-7-20(24)21-14-8-10-18-16(12-14)17-13-15(23(5-2)6-3)9-11-19(17)22-18;1-5(2,3)4/h8,10,12,15,22H,4-7,9,11,13H2,1-3H3,(H,21,24);(H2,1,2,3,4). The molecule has 0 radical (unpaired) electrons. The van der Waals surface area contributed by atoms with Crippen LogP contribution in [-0.4, -0.2) is 52.4 Å². The predicted molar refractivity (Wildman–Crippen MR) is 115 cm³/mol. The maximum absolute atomic E-state index is 11.9. The van der Waals surface area contributed by atoms with Crippen molar-refractivity contribution in [2.45, 2.75) is 58.9 Å². The molecule has 1 aliphatic rings. The van der Waals surface area contributed by atoms with Gasteiger partial charge in [0, 0.05) is 34.7 Å². The van der Waals surface area contributed by atoms with Crippen LogP contribution in [0.5, 0.6) is 0 Å². The van der Waals surface area contributed by atoms with Crippen LogP contribution in [0.2, 0.25) is 0 Å². The van der Waals surface area contributed by atoms with Crippen LogP contribution in [0.25, 0.3) is 10.9 Å². The van der Waals surface area contributed by atoms with Crippen molar-refractivity contribution < 1.29 is 22.3 Å². The largest absolute Gasteiger partial charge is 0.394 e. The molecule has 1 aromatic carbocycles. The number of benzene rings is 1. The lowest BCUT2D eigenvalue weighted by Crippen LogP contribution is -2.38. The Labute approximate surface area is 172 Å². The first kappa shape index (κ1) is 23.3. The normalized spacial score (nSPS) is 16.3. The molecule has 8 nitrogen and oxygen atoms in total. The molecule has 1 unspecified atom stereocenters. The molecule has 0 aliphatic heterocycles. The van der Waals surface area contributed by atoms with E-state index in [2.05, 4.69) is 41.2 Å². The van der Waals surface area contributed by atoms with Crippen molar-refractivity contribution in [2.24, 2.45) is 0 Å². The van der Waals surface area contributed by atoms with Crippen molar-refractivity contribution in [1.82, 2.24) is 9.88 Å². The molecule has 162 valence electrons. The third kappa shape index (κ3) is 6.81. The molecular formula is C20H31N3O5S. The van der Waals surface area contributed by atoms with E-state index >= 15 is 0 Å². The molecule has 0 bridgehead atoms. The zero-order chi connectivity index (χ0) is 21.6. The molecule has 29 heavy (non-hydrogen) atoms. The van der Waals surface area contributed by atoms with Crippen LogP contribution in [0.15, 0.2) is 18.2 Å². The maximum Gasteiger partial charge on any atom is 0.394 e. The number of aryl methyl sites for hydroxylation is 1. The summed E-state index contributed by atoms with van der Waals surface area (Å²) in [4.78, 5) is 18.0. The number of aromatic amines is 1. The fourth-order valence-electron chi connectivity index (χ4n) is 3.98. The Kier molecular flexibility index (Phi) is 8.21. The Balaban J connectivity index is 0.000000537. The zero-order valence-corrected chi connectivity index (χ0v) is 18.1. The molecule has 3 rings (SSSR count). The van der Waals surface area contributed by atoms with Crippen LogP contribution >= 0.6 is 0 Å². The SMILES string of the molecule is CCCC(=O)Nc1ccc2[nH]c3c(c2c1)CC(N(CC)CC)CC3.O=S(=O)(O)O. The van der Waals surface area contributed by atoms with Crippen molar-refractivity contribution in [3.8, 4) is 0 Å². The number of hydrogen-bond acceptors (Lipinski definition) is 4. The highest BCUT2D eigenvalue weighted by Gasteiger charge is 2.25. The fraction of sp³-hybridized carbons (Fsp3) is 0.550. The van der Waals surface area contributed by atoms with Gasteiger partial charge in [-0.15, -0.1) is 0 Å². The molecule has 0 saturated heterocycles. The molecule has 1 atom stereocenters. The number of carbonyl (C=O) groups is 1. The van der Waals surface area contributed by atoms with Crippen molar-refractivity contribution in [1.29, 1.82) is 0 Å². The second kappa shape index (κ2) is 10.2. The smallest absolute Gasteiger partial charge is 0.358 e. The molecule has 2 aromatic rings. The van der Waals surface area contributed by atoms with Crippen molar-refractivity contribution in [3.05, 3.63) is 29.5 Å². The lowest BCUT2D eigenvalue weighted by Gasteiger charge is -2.32. The highest BCUT2D eigenvalue weighted by atomic mass is 32.3. The van der Waals surface area contributed by atoms with Crippen LogP contribution in [0.1, 0.15) is 51.3 Å². The summed E-state index contributed by atoms with van der Waals surface area (Å²) in [7, 11) is -4.67. The van der Waals surface area contributed by atoms with Gasteiger partial charge in [0.05, 0.1) is 0 Å². The van der Waals surface area contributed by atoms with E-state index in [0.717, 1.165) is 38.0 Å². The van der Waals surface area contributed by atoms with Gasteiger partial charge in [-0.25, -0.2) is 0 Å². The highest BCUT2D eigenvalue weighted by Crippen LogP contribution is 2.32. The molecule has 0 fully saturated rings. The molecule has 1 amide bonds. The van der Waals surface area contributed by atoms with E-state index in [4.69, 9.17) is 17.5 Å². The first-order valence-corrected chi connectivity index (χ1v) is 11.4. The minimum atomic E-state index is -4.67. The summed E-state index contributed by atoms with van der Waals surface area (Å²) in [5.74, 6) is 0.0993. The van der Waals surface area contributed by atoms with Gasteiger partial charge >= 0.3 is 10.4 Å². The minimum absolute atomic E-state index is 0.0993.